The highest BCUT2D eigenvalue weighted by atomic mass is 31.2. The summed E-state index contributed by atoms with van der Waals surface area (Å²) in [5.41, 5.74) is 1.22. The first-order chi connectivity index (χ1) is 9.12. The van der Waals surface area contributed by atoms with Crippen LogP contribution in [0.4, 0.5) is 17.1 Å². The van der Waals surface area contributed by atoms with Crippen molar-refractivity contribution >= 4 is 30.2 Å². The van der Waals surface area contributed by atoms with Gasteiger partial charge in [-0.2, -0.15) is 0 Å². The van der Waals surface area contributed by atoms with Crippen LogP contribution in [0.15, 0.2) is 23.3 Å². The van der Waals surface area contributed by atoms with Gasteiger partial charge in [0.15, 0.2) is 0 Å². The Morgan fingerprint density at radius 2 is 1.90 bits per heavy atom. The average Bonchev–Trinajstić information content (AvgIpc) is 2.34. The first-order valence-corrected chi connectivity index (χ1v) is 7.33. The summed E-state index contributed by atoms with van der Waals surface area (Å²) in [6.07, 6.45) is 0. The SMILES string of the molecule is CC(=NNc1ccc([N+](=O)[O-])cc1[N+](=O)[O-])[P+](C)(O)O. The number of hydrazone groups is 1. The molecule has 0 bridgehead atoms. The predicted octanol–water partition coefficient (Wildman–Crippen LogP) is 1.71. The molecule has 1 rings (SSSR count). The van der Waals surface area contributed by atoms with Crippen LogP contribution < -0.4 is 5.43 Å². The predicted molar refractivity (Wildman–Crippen MR) is 73.8 cm³/mol. The maximum absolute atomic E-state index is 10.8. The van der Waals surface area contributed by atoms with Gasteiger partial charge in [-0.3, -0.25) is 25.7 Å². The van der Waals surface area contributed by atoms with Crippen LogP contribution >= 0.6 is 7.72 Å². The lowest BCUT2D eigenvalue weighted by molar-refractivity contribution is -0.393. The van der Waals surface area contributed by atoms with Crippen LogP contribution in [0.5, 0.6) is 0 Å². The molecule has 0 spiro atoms. The minimum absolute atomic E-state index is 0.0230. The second kappa shape index (κ2) is 5.87. The lowest BCUT2D eigenvalue weighted by Crippen LogP contribution is -2.04. The molecule has 0 aliphatic carbocycles. The molecule has 0 radical (unpaired) electrons. The smallest absolute Gasteiger partial charge is 0.268 e. The van der Waals surface area contributed by atoms with Crippen LogP contribution in [0, 0.1) is 20.2 Å². The molecule has 10 nitrogen and oxygen atoms in total. The van der Waals surface area contributed by atoms with Gasteiger partial charge in [0.05, 0.1) is 15.9 Å². The molecular weight excluding hydrogens is 291 g/mol. The Bertz CT molecular complexity index is 582. The molecule has 0 aliphatic heterocycles. The first kappa shape index (κ1) is 15.9. The molecule has 0 fully saturated rings. The number of nitro benzene ring substituents is 2. The van der Waals surface area contributed by atoms with Gasteiger partial charge in [0, 0.05) is 13.0 Å². The number of hydrogen-bond donors (Lipinski definition) is 3. The van der Waals surface area contributed by atoms with E-state index >= 15 is 0 Å². The summed E-state index contributed by atoms with van der Waals surface area (Å²) in [6.45, 7) is 2.52. The van der Waals surface area contributed by atoms with Crippen molar-refractivity contribution in [3.8, 4) is 0 Å². The highest BCUT2D eigenvalue weighted by Gasteiger charge is 2.31. The topological polar surface area (TPSA) is 151 Å². The number of hydrogen-bond acceptors (Lipinski definition) is 8. The van der Waals surface area contributed by atoms with Gasteiger partial charge in [0.1, 0.15) is 12.4 Å². The standard InChI is InChI=1S/C9H12N4O6P/c1-6(20(2,18)19)10-11-8-4-3-7(12(14)15)5-9(8)13(16)17/h3-5,11,18-19H,1-2H3/q+1. The summed E-state index contributed by atoms with van der Waals surface area (Å²) in [5.74, 6) is 0. The number of benzene rings is 1. The third-order valence-corrected chi connectivity index (χ3v) is 3.67. The Labute approximate surface area is 113 Å². The van der Waals surface area contributed by atoms with Crippen molar-refractivity contribution in [3.63, 3.8) is 0 Å². The minimum Gasteiger partial charge on any atom is -0.268 e. The van der Waals surface area contributed by atoms with Gasteiger partial charge in [0.2, 0.25) is 5.45 Å². The van der Waals surface area contributed by atoms with Gasteiger partial charge in [0.25, 0.3) is 5.69 Å². The Balaban J connectivity index is 3.13. The van der Waals surface area contributed by atoms with Crippen LogP contribution in [0.3, 0.4) is 0 Å². The van der Waals surface area contributed by atoms with Crippen molar-refractivity contribution in [2.45, 2.75) is 6.92 Å². The van der Waals surface area contributed by atoms with Crippen LogP contribution in [0.1, 0.15) is 6.92 Å². The lowest BCUT2D eigenvalue weighted by atomic mass is 10.2. The highest BCUT2D eigenvalue weighted by molar-refractivity contribution is 7.80. The molecule has 3 N–H and O–H groups in total. The van der Waals surface area contributed by atoms with E-state index in [-0.39, 0.29) is 11.1 Å². The number of nitrogens with one attached hydrogen (secondary N) is 1. The third kappa shape index (κ3) is 3.92. The Morgan fingerprint density at radius 3 is 2.35 bits per heavy atom. The van der Waals surface area contributed by atoms with Crippen molar-refractivity contribution in [2.24, 2.45) is 5.10 Å². The third-order valence-electron chi connectivity index (χ3n) is 2.34. The second-order valence-electron chi connectivity index (χ2n) is 3.90. The summed E-state index contributed by atoms with van der Waals surface area (Å²) < 4.78 is 0. The molecule has 0 heterocycles. The first-order valence-electron chi connectivity index (χ1n) is 5.18. The van der Waals surface area contributed by atoms with E-state index in [0.29, 0.717) is 0 Å². The molecule has 0 saturated carbocycles. The van der Waals surface area contributed by atoms with Crippen LogP contribution in [0.2, 0.25) is 0 Å². The zero-order valence-electron chi connectivity index (χ0n) is 10.5. The number of nitro groups is 2. The van der Waals surface area contributed by atoms with Gasteiger partial charge >= 0.3 is 13.4 Å². The molecule has 0 amide bonds. The van der Waals surface area contributed by atoms with Crippen LogP contribution in [0.25, 0.3) is 0 Å². The monoisotopic (exact) mass is 303 g/mol. The molecule has 0 saturated heterocycles. The van der Waals surface area contributed by atoms with Crippen LogP contribution in [-0.4, -0.2) is 31.8 Å². The van der Waals surface area contributed by atoms with Crippen molar-refractivity contribution in [3.05, 3.63) is 38.4 Å². The van der Waals surface area contributed by atoms with E-state index in [9.17, 15) is 30.0 Å². The fourth-order valence-electron chi connectivity index (χ4n) is 1.12. The summed E-state index contributed by atoms with van der Waals surface area (Å²) in [4.78, 5) is 38.5. The van der Waals surface area contributed by atoms with Gasteiger partial charge < -0.3 is 0 Å². The van der Waals surface area contributed by atoms with E-state index in [4.69, 9.17) is 0 Å². The Morgan fingerprint density at radius 1 is 1.30 bits per heavy atom. The maximum Gasteiger partial charge on any atom is 0.312 e. The zero-order chi connectivity index (χ0) is 15.5. The van der Waals surface area contributed by atoms with Gasteiger partial charge in [-0.15, -0.1) is 5.10 Å². The van der Waals surface area contributed by atoms with Crippen molar-refractivity contribution in [1.29, 1.82) is 0 Å². The molecule has 0 aromatic heterocycles. The maximum atomic E-state index is 10.8. The normalized spacial score (nSPS) is 12.1. The van der Waals surface area contributed by atoms with E-state index in [1.54, 1.807) is 0 Å². The van der Waals surface area contributed by atoms with E-state index in [2.05, 4.69) is 10.5 Å². The second-order valence-corrected chi connectivity index (χ2v) is 6.37. The Kier molecular flexibility index (Phi) is 4.66. The average molecular weight is 303 g/mol. The summed E-state index contributed by atoms with van der Waals surface area (Å²) >= 11 is 0. The van der Waals surface area contributed by atoms with E-state index in [1.165, 1.54) is 13.6 Å². The molecule has 108 valence electrons. The zero-order valence-corrected chi connectivity index (χ0v) is 11.4. The van der Waals surface area contributed by atoms with E-state index in [1.807, 2.05) is 0 Å². The van der Waals surface area contributed by atoms with Gasteiger partial charge in [-0.05, 0) is 6.07 Å². The molecule has 0 aliphatic rings. The number of non-ortho nitro benzene ring substituents is 1. The summed E-state index contributed by atoms with van der Waals surface area (Å²) in [7, 11) is -3.30. The number of rotatable bonds is 5. The van der Waals surface area contributed by atoms with Crippen molar-refractivity contribution < 1.29 is 19.6 Å². The number of anilines is 1. The molecule has 0 atom stereocenters. The van der Waals surface area contributed by atoms with Crippen molar-refractivity contribution in [1.82, 2.24) is 0 Å². The fraction of sp³-hybridized carbons (Fsp3) is 0.222. The van der Waals surface area contributed by atoms with Gasteiger partial charge in [-0.25, -0.2) is 9.79 Å². The molecule has 11 heteroatoms. The molecule has 20 heavy (non-hydrogen) atoms. The summed E-state index contributed by atoms with van der Waals surface area (Å²) in [5, 5.41) is 25.0. The molecule has 1 aromatic rings. The quantitative estimate of drug-likeness (QED) is 0.324. The highest BCUT2D eigenvalue weighted by Crippen LogP contribution is 2.46. The van der Waals surface area contributed by atoms with E-state index in [0.717, 1.165) is 18.2 Å². The minimum atomic E-state index is -3.30. The largest absolute Gasteiger partial charge is 0.312 e. The number of nitrogens with zero attached hydrogens (tertiary/aromatic N) is 3. The fourth-order valence-corrected chi connectivity index (χ4v) is 1.35. The van der Waals surface area contributed by atoms with Gasteiger partial charge in [-0.1, -0.05) is 0 Å². The molecule has 0 unspecified atom stereocenters. The van der Waals surface area contributed by atoms with Crippen molar-refractivity contribution in [2.75, 3.05) is 12.1 Å². The summed E-state index contributed by atoms with van der Waals surface area (Å²) in [6, 6.07) is 2.99. The molecule has 1 aromatic carbocycles. The molecular formula is C9H12N4O6P+. The lowest BCUT2D eigenvalue weighted by Gasteiger charge is -2.06. The van der Waals surface area contributed by atoms with E-state index < -0.39 is 28.9 Å². The Hall–Kier alpha value is -2.16. The van der Waals surface area contributed by atoms with Crippen LogP contribution in [-0.2, 0) is 0 Å².